The van der Waals surface area contributed by atoms with Gasteiger partial charge in [0, 0.05) is 9.64 Å². The van der Waals surface area contributed by atoms with Crippen LogP contribution in [-0.4, -0.2) is 18.0 Å². The number of ether oxygens (including phenoxy) is 1. The number of esters is 1. The molecule has 1 aromatic carbocycles. The van der Waals surface area contributed by atoms with E-state index in [2.05, 4.69) is 4.74 Å². The van der Waals surface area contributed by atoms with E-state index in [4.69, 9.17) is 5.26 Å². The summed E-state index contributed by atoms with van der Waals surface area (Å²) in [5, 5.41) is 19.4. The van der Waals surface area contributed by atoms with Crippen LogP contribution in [0.15, 0.2) is 12.1 Å². The summed E-state index contributed by atoms with van der Waals surface area (Å²) in [6.07, 6.45) is 0. The lowest BCUT2D eigenvalue weighted by Gasteiger charge is -2.03. The number of methoxy groups -OCH3 is 1. The molecule has 0 heterocycles. The Morgan fingerprint density at radius 1 is 1.62 bits per heavy atom. The van der Waals surface area contributed by atoms with Crippen molar-refractivity contribution in [1.29, 1.82) is 5.26 Å². The zero-order valence-corrected chi connectivity index (χ0v) is 10.2. The molecule has 16 heavy (non-hydrogen) atoms. The molecule has 0 unspecified atom stereocenters. The quantitative estimate of drug-likeness (QED) is 0.357. The van der Waals surface area contributed by atoms with Crippen molar-refractivity contribution in [3.8, 4) is 6.07 Å². The fraction of sp³-hybridized carbons (Fsp3) is 0.111. The zero-order valence-electron chi connectivity index (χ0n) is 8.06. The van der Waals surface area contributed by atoms with Crippen molar-refractivity contribution in [2.24, 2.45) is 0 Å². The van der Waals surface area contributed by atoms with Crippen molar-refractivity contribution in [2.45, 2.75) is 0 Å². The predicted molar refractivity (Wildman–Crippen MR) is 61.9 cm³/mol. The molecule has 7 heteroatoms. The minimum absolute atomic E-state index is 0.128. The normalized spacial score (nSPS) is 9.31. The number of nitro groups is 1. The smallest absolute Gasteiger partial charge is 0.345 e. The van der Waals surface area contributed by atoms with Gasteiger partial charge in [-0.15, -0.1) is 0 Å². The minimum atomic E-state index is -0.791. The van der Waals surface area contributed by atoms with E-state index in [-0.39, 0.29) is 11.1 Å². The summed E-state index contributed by atoms with van der Waals surface area (Å²) >= 11 is 1.75. The molecule has 0 spiro atoms. The fourth-order valence-electron chi connectivity index (χ4n) is 1.10. The number of hydrogen-bond donors (Lipinski definition) is 0. The molecule has 0 atom stereocenters. The Hall–Kier alpha value is -1.69. The molecule has 0 aromatic heterocycles. The van der Waals surface area contributed by atoms with Crippen LogP contribution in [0.4, 0.5) is 5.69 Å². The molecule has 0 radical (unpaired) electrons. The maximum absolute atomic E-state index is 11.3. The zero-order chi connectivity index (χ0) is 12.3. The van der Waals surface area contributed by atoms with Gasteiger partial charge >= 0.3 is 5.97 Å². The fourth-order valence-corrected chi connectivity index (χ4v) is 1.94. The van der Waals surface area contributed by atoms with Gasteiger partial charge < -0.3 is 4.74 Å². The first kappa shape index (κ1) is 12.4. The summed E-state index contributed by atoms with van der Waals surface area (Å²) in [6, 6.07) is 4.22. The molecule has 0 saturated carbocycles. The Bertz CT molecular complexity index is 507. The molecule has 6 nitrogen and oxygen atoms in total. The van der Waals surface area contributed by atoms with Crippen molar-refractivity contribution < 1.29 is 14.5 Å². The van der Waals surface area contributed by atoms with Gasteiger partial charge in [0.1, 0.15) is 0 Å². The lowest BCUT2D eigenvalue weighted by molar-refractivity contribution is -0.385. The summed E-state index contributed by atoms with van der Waals surface area (Å²) in [6.45, 7) is 0. The third kappa shape index (κ3) is 2.27. The van der Waals surface area contributed by atoms with E-state index in [1.54, 1.807) is 28.7 Å². The number of hydrogen-bond acceptors (Lipinski definition) is 5. The van der Waals surface area contributed by atoms with Gasteiger partial charge in [-0.05, 0) is 28.7 Å². The molecule has 1 aromatic rings. The Morgan fingerprint density at radius 2 is 2.25 bits per heavy atom. The van der Waals surface area contributed by atoms with E-state index in [0.717, 1.165) is 13.2 Å². The molecule has 0 aliphatic rings. The van der Waals surface area contributed by atoms with Crippen LogP contribution in [0.25, 0.3) is 0 Å². The summed E-state index contributed by atoms with van der Waals surface area (Å²) in [5.74, 6) is -0.791. The summed E-state index contributed by atoms with van der Waals surface area (Å²) in [7, 11) is 1.14. The van der Waals surface area contributed by atoms with Gasteiger partial charge in [0.2, 0.25) is 0 Å². The lowest BCUT2D eigenvalue weighted by Crippen LogP contribution is -2.08. The molecule has 0 aliphatic heterocycles. The van der Waals surface area contributed by atoms with Crippen molar-refractivity contribution in [2.75, 3.05) is 7.11 Å². The second-order valence-electron chi connectivity index (χ2n) is 2.71. The second kappa shape index (κ2) is 4.89. The van der Waals surface area contributed by atoms with E-state index >= 15 is 0 Å². The van der Waals surface area contributed by atoms with E-state index in [9.17, 15) is 14.9 Å². The standard InChI is InChI=1S/C9H5IN2O4/c1-16-9(13)8-6(10)2-5(4-11)3-7(8)12(14)15/h2-3H,1H3. The second-order valence-corrected chi connectivity index (χ2v) is 3.87. The Morgan fingerprint density at radius 3 is 2.69 bits per heavy atom. The van der Waals surface area contributed by atoms with Crippen LogP contribution in [0.5, 0.6) is 0 Å². The van der Waals surface area contributed by atoms with E-state index < -0.39 is 16.6 Å². The first-order chi connectivity index (χ1) is 7.51. The van der Waals surface area contributed by atoms with Crippen LogP contribution >= 0.6 is 22.6 Å². The number of nitriles is 1. The van der Waals surface area contributed by atoms with Crippen molar-refractivity contribution >= 4 is 34.2 Å². The SMILES string of the molecule is COC(=O)c1c(I)cc(C#N)cc1[N+](=O)[O-]. The largest absolute Gasteiger partial charge is 0.465 e. The van der Waals surface area contributed by atoms with E-state index in [1.807, 2.05) is 0 Å². The minimum Gasteiger partial charge on any atom is -0.465 e. The van der Waals surface area contributed by atoms with Gasteiger partial charge in [0.15, 0.2) is 5.56 Å². The topological polar surface area (TPSA) is 93.2 Å². The number of carbonyl (C=O) groups is 1. The maximum Gasteiger partial charge on any atom is 0.345 e. The lowest BCUT2D eigenvalue weighted by atomic mass is 10.1. The predicted octanol–water partition coefficient (Wildman–Crippen LogP) is 1.86. The van der Waals surface area contributed by atoms with Crippen LogP contribution in [0.3, 0.4) is 0 Å². The Labute approximate surface area is 104 Å². The number of nitrogens with zero attached hydrogens (tertiary/aromatic N) is 2. The van der Waals surface area contributed by atoms with Crippen molar-refractivity contribution in [3.05, 3.63) is 36.9 Å². The van der Waals surface area contributed by atoms with Crippen molar-refractivity contribution in [1.82, 2.24) is 0 Å². The number of nitro benzene ring substituents is 1. The molecule has 0 N–H and O–H groups in total. The average Bonchev–Trinajstić information content (AvgIpc) is 2.26. The van der Waals surface area contributed by atoms with E-state index in [1.165, 1.54) is 6.07 Å². The molecular formula is C9H5IN2O4. The van der Waals surface area contributed by atoms with Crippen LogP contribution in [0.1, 0.15) is 15.9 Å². The molecule has 0 saturated heterocycles. The monoisotopic (exact) mass is 332 g/mol. The highest BCUT2D eigenvalue weighted by Crippen LogP contribution is 2.26. The Kier molecular flexibility index (Phi) is 3.78. The third-order valence-electron chi connectivity index (χ3n) is 1.78. The van der Waals surface area contributed by atoms with Crippen molar-refractivity contribution in [3.63, 3.8) is 0 Å². The average molecular weight is 332 g/mol. The van der Waals surface area contributed by atoms with E-state index in [0.29, 0.717) is 3.57 Å². The molecule has 82 valence electrons. The Balaban J connectivity index is 3.53. The van der Waals surface area contributed by atoms with Gasteiger partial charge in [-0.1, -0.05) is 0 Å². The number of rotatable bonds is 2. The van der Waals surface area contributed by atoms with Crippen LogP contribution in [-0.2, 0) is 4.74 Å². The van der Waals surface area contributed by atoms with Gasteiger partial charge in [-0.2, -0.15) is 5.26 Å². The maximum atomic E-state index is 11.3. The number of benzene rings is 1. The molecule has 0 bridgehead atoms. The van der Waals surface area contributed by atoms with Gasteiger partial charge in [-0.25, -0.2) is 4.79 Å². The summed E-state index contributed by atoms with van der Waals surface area (Å²) < 4.78 is 4.77. The number of carbonyl (C=O) groups excluding carboxylic acids is 1. The van der Waals surface area contributed by atoms with Gasteiger partial charge in [0.05, 0.1) is 23.7 Å². The van der Waals surface area contributed by atoms with Crippen LogP contribution in [0.2, 0.25) is 0 Å². The van der Waals surface area contributed by atoms with Gasteiger partial charge in [0.25, 0.3) is 5.69 Å². The van der Waals surface area contributed by atoms with Gasteiger partial charge in [-0.3, -0.25) is 10.1 Å². The first-order valence-electron chi connectivity index (χ1n) is 3.97. The van der Waals surface area contributed by atoms with Crippen LogP contribution < -0.4 is 0 Å². The highest BCUT2D eigenvalue weighted by Gasteiger charge is 2.25. The third-order valence-corrected chi connectivity index (χ3v) is 2.64. The highest BCUT2D eigenvalue weighted by molar-refractivity contribution is 14.1. The molecular weight excluding hydrogens is 327 g/mol. The summed E-state index contributed by atoms with van der Waals surface area (Å²) in [5.41, 5.74) is -0.425. The molecule has 0 amide bonds. The summed E-state index contributed by atoms with van der Waals surface area (Å²) in [4.78, 5) is 21.4. The molecule has 0 fully saturated rings. The highest BCUT2D eigenvalue weighted by atomic mass is 127. The molecule has 0 aliphatic carbocycles. The molecule has 1 rings (SSSR count). The number of halogens is 1. The van der Waals surface area contributed by atoms with Crippen LogP contribution in [0, 0.1) is 25.0 Å². The first-order valence-corrected chi connectivity index (χ1v) is 5.05.